The van der Waals surface area contributed by atoms with E-state index in [1.165, 1.54) is 6.07 Å². The number of benzene rings is 2. The molecule has 2 rings (SSSR count). The van der Waals surface area contributed by atoms with E-state index in [2.05, 4.69) is 4.74 Å². The molecule has 25 heavy (non-hydrogen) atoms. The number of alkyl halides is 3. The number of hydrogen-bond donors (Lipinski definition) is 0. The van der Waals surface area contributed by atoms with Gasteiger partial charge in [0.15, 0.2) is 0 Å². The lowest BCUT2D eigenvalue weighted by molar-refractivity contribution is -0.385. The van der Waals surface area contributed by atoms with Gasteiger partial charge in [0.1, 0.15) is 17.1 Å². The van der Waals surface area contributed by atoms with Gasteiger partial charge in [-0.05, 0) is 24.3 Å². The maximum Gasteiger partial charge on any atom is 0.420 e. The Balaban J connectivity index is 2.48. The highest BCUT2D eigenvalue weighted by Gasteiger charge is 2.35. The second kappa shape index (κ2) is 6.98. The predicted molar refractivity (Wildman–Crippen MR) is 81.0 cm³/mol. The topological polar surface area (TPSA) is 78.7 Å². The minimum absolute atomic E-state index is 0.140. The zero-order valence-electron chi connectivity index (χ0n) is 12.5. The van der Waals surface area contributed by atoms with Gasteiger partial charge in [-0.2, -0.15) is 13.2 Å². The molecule has 0 fully saturated rings. The van der Waals surface area contributed by atoms with Crippen molar-refractivity contribution in [3.05, 3.63) is 62.7 Å². The first-order valence-corrected chi connectivity index (χ1v) is 6.92. The summed E-state index contributed by atoms with van der Waals surface area (Å²) < 4.78 is 48.8. The van der Waals surface area contributed by atoms with Crippen molar-refractivity contribution in [3.8, 4) is 11.5 Å². The third-order valence-electron chi connectivity index (χ3n) is 3.04. The number of carbonyl (C=O) groups excluding carboxylic acids is 1. The first-order chi connectivity index (χ1) is 11.6. The van der Waals surface area contributed by atoms with Gasteiger partial charge in [-0.3, -0.25) is 10.1 Å². The number of hydrogen-bond acceptors (Lipinski definition) is 5. The standard InChI is InChI=1S/C15H9ClF3NO5/c1-24-14(21)10-7-9(3-4-12(10)20(22)23)25-13-5-2-8(16)6-11(13)15(17,18)19/h2-7H,1H3. The maximum atomic E-state index is 13.1. The Labute approximate surface area is 143 Å². The van der Waals surface area contributed by atoms with E-state index < -0.39 is 39.6 Å². The molecule has 0 radical (unpaired) electrons. The first-order valence-electron chi connectivity index (χ1n) is 6.55. The van der Waals surface area contributed by atoms with Crippen LogP contribution in [0.5, 0.6) is 11.5 Å². The average molecular weight is 376 g/mol. The lowest BCUT2D eigenvalue weighted by Gasteiger charge is -2.14. The van der Waals surface area contributed by atoms with Gasteiger partial charge in [0.25, 0.3) is 5.69 Å². The molecule has 6 nitrogen and oxygen atoms in total. The number of methoxy groups -OCH3 is 1. The van der Waals surface area contributed by atoms with E-state index in [0.29, 0.717) is 6.07 Å². The molecule has 0 saturated heterocycles. The summed E-state index contributed by atoms with van der Waals surface area (Å²) in [7, 11) is 1.01. The molecule has 0 aliphatic rings. The Bertz CT molecular complexity index is 838. The molecule has 0 saturated carbocycles. The van der Waals surface area contributed by atoms with Crippen LogP contribution in [-0.2, 0) is 10.9 Å². The zero-order chi connectivity index (χ0) is 18.8. The molecule has 0 atom stereocenters. The van der Waals surface area contributed by atoms with E-state index in [9.17, 15) is 28.1 Å². The maximum absolute atomic E-state index is 13.1. The van der Waals surface area contributed by atoms with Crippen LogP contribution < -0.4 is 4.74 Å². The molecule has 0 unspecified atom stereocenters. The molecular weight excluding hydrogens is 367 g/mol. The van der Waals surface area contributed by atoms with Crippen LogP contribution in [-0.4, -0.2) is 18.0 Å². The fourth-order valence-electron chi connectivity index (χ4n) is 1.95. The fraction of sp³-hybridized carbons (Fsp3) is 0.133. The van der Waals surface area contributed by atoms with Crippen molar-refractivity contribution in [2.24, 2.45) is 0 Å². The van der Waals surface area contributed by atoms with E-state index in [4.69, 9.17) is 16.3 Å². The number of rotatable bonds is 4. The Morgan fingerprint density at radius 1 is 1.20 bits per heavy atom. The predicted octanol–water partition coefficient (Wildman–Crippen LogP) is 4.85. The lowest BCUT2D eigenvalue weighted by Crippen LogP contribution is -2.08. The van der Waals surface area contributed by atoms with Gasteiger partial charge < -0.3 is 9.47 Å². The van der Waals surface area contributed by atoms with Gasteiger partial charge >= 0.3 is 12.1 Å². The van der Waals surface area contributed by atoms with Crippen molar-refractivity contribution >= 4 is 23.3 Å². The molecule has 0 N–H and O–H groups in total. The van der Waals surface area contributed by atoms with Crippen LogP contribution in [0.3, 0.4) is 0 Å². The van der Waals surface area contributed by atoms with Crippen LogP contribution in [0.1, 0.15) is 15.9 Å². The summed E-state index contributed by atoms with van der Waals surface area (Å²) in [6.07, 6.45) is -4.73. The third kappa shape index (κ3) is 4.18. The first kappa shape index (κ1) is 18.5. The molecule has 10 heteroatoms. The second-order valence-electron chi connectivity index (χ2n) is 4.67. The molecular formula is C15H9ClF3NO5. The summed E-state index contributed by atoms with van der Waals surface area (Å²) in [4.78, 5) is 21.7. The fourth-order valence-corrected chi connectivity index (χ4v) is 2.12. The minimum Gasteiger partial charge on any atom is -0.465 e. The number of nitro benzene ring substituents is 1. The summed E-state index contributed by atoms with van der Waals surface area (Å²) in [5, 5.41) is 10.8. The molecule has 0 spiro atoms. The summed E-state index contributed by atoms with van der Waals surface area (Å²) >= 11 is 5.58. The Morgan fingerprint density at radius 3 is 2.44 bits per heavy atom. The van der Waals surface area contributed by atoms with Crippen LogP contribution in [0.25, 0.3) is 0 Å². The number of nitrogens with zero attached hydrogens (tertiary/aromatic N) is 1. The normalized spacial score (nSPS) is 11.1. The van der Waals surface area contributed by atoms with Crippen LogP contribution in [0.15, 0.2) is 36.4 Å². The van der Waals surface area contributed by atoms with E-state index in [0.717, 1.165) is 31.4 Å². The molecule has 0 aliphatic carbocycles. The van der Waals surface area contributed by atoms with E-state index in [-0.39, 0.29) is 10.8 Å². The highest BCUT2D eigenvalue weighted by Crippen LogP contribution is 2.40. The van der Waals surface area contributed by atoms with Crippen molar-refractivity contribution in [2.75, 3.05) is 7.11 Å². The minimum atomic E-state index is -4.73. The van der Waals surface area contributed by atoms with Crippen molar-refractivity contribution in [2.45, 2.75) is 6.18 Å². The second-order valence-corrected chi connectivity index (χ2v) is 5.10. The molecule has 2 aromatic rings. The van der Waals surface area contributed by atoms with Crippen LogP contribution in [0, 0.1) is 10.1 Å². The van der Waals surface area contributed by atoms with Gasteiger partial charge in [-0.25, -0.2) is 4.79 Å². The zero-order valence-corrected chi connectivity index (χ0v) is 13.2. The molecule has 0 aliphatic heterocycles. The van der Waals surface area contributed by atoms with Gasteiger partial charge in [-0.15, -0.1) is 0 Å². The highest BCUT2D eigenvalue weighted by atomic mass is 35.5. The van der Waals surface area contributed by atoms with Gasteiger partial charge in [0.2, 0.25) is 0 Å². The highest BCUT2D eigenvalue weighted by molar-refractivity contribution is 6.30. The molecule has 0 amide bonds. The number of carbonyl (C=O) groups is 1. The Morgan fingerprint density at radius 2 is 1.88 bits per heavy atom. The number of esters is 1. The van der Waals surface area contributed by atoms with Crippen molar-refractivity contribution in [3.63, 3.8) is 0 Å². The van der Waals surface area contributed by atoms with Crippen LogP contribution in [0.4, 0.5) is 18.9 Å². The van der Waals surface area contributed by atoms with Gasteiger partial charge in [0.05, 0.1) is 17.6 Å². The largest absolute Gasteiger partial charge is 0.465 e. The average Bonchev–Trinajstić information content (AvgIpc) is 2.54. The van der Waals surface area contributed by atoms with Gasteiger partial charge in [-0.1, -0.05) is 11.6 Å². The van der Waals surface area contributed by atoms with Crippen molar-refractivity contribution in [1.82, 2.24) is 0 Å². The third-order valence-corrected chi connectivity index (χ3v) is 3.28. The number of ether oxygens (including phenoxy) is 2. The number of halogens is 4. The number of nitro groups is 1. The molecule has 132 valence electrons. The van der Waals surface area contributed by atoms with Crippen LogP contribution >= 0.6 is 11.6 Å². The smallest absolute Gasteiger partial charge is 0.420 e. The van der Waals surface area contributed by atoms with Gasteiger partial charge in [0, 0.05) is 17.2 Å². The SMILES string of the molecule is COC(=O)c1cc(Oc2ccc(Cl)cc2C(F)(F)F)ccc1[N+](=O)[O-]. The summed E-state index contributed by atoms with van der Waals surface area (Å²) in [6.45, 7) is 0. The quantitative estimate of drug-likeness (QED) is 0.434. The van der Waals surface area contributed by atoms with Crippen molar-refractivity contribution < 1.29 is 32.4 Å². The molecule has 0 heterocycles. The van der Waals surface area contributed by atoms with Crippen molar-refractivity contribution in [1.29, 1.82) is 0 Å². The molecule has 0 bridgehead atoms. The van der Waals surface area contributed by atoms with Crippen LogP contribution in [0.2, 0.25) is 5.02 Å². The Kier molecular flexibility index (Phi) is 5.17. The molecule has 0 aromatic heterocycles. The summed E-state index contributed by atoms with van der Waals surface area (Å²) in [5.74, 6) is -1.80. The summed E-state index contributed by atoms with van der Waals surface area (Å²) in [5.41, 5.74) is -2.14. The lowest BCUT2D eigenvalue weighted by atomic mass is 10.1. The van der Waals surface area contributed by atoms with E-state index >= 15 is 0 Å². The summed E-state index contributed by atoms with van der Waals surface area (Å²) in [6, 6.07) is 5.81. The Hall–Kier alpha value is -2.81. The molecule has 2 aromatic carbocycles. The monoisotopic (exact) mass is 375 g/mol. The van der Waals surface area contributed by atoms with E-state index in [1.54, 1.807) is 0 Å². The van der Waals surface area contributed by atoms with E-state index in [1.807, 2.05) is 0 Å².